The lowest BCUT2D eigenvalue weighted by Gasteiger charge is -2.36. The predicted molar refractivity (Wildman–Crippen MR) is 161 cm³/mol. The van der Waals surface area contributed by atoms with Gasteiger partial charge >= 0.3 is 0 Å². The van der Waals surface area contributed by atoms with Crippen LogP contribution in [0.4, 0.5) is 11.4 Å². The summed E-state index contributed by atoms with van der Waals surface area (Å²) in [4.78, 5) is 30.7. The third kappa shape index (κ3) is 4.52. The van der Waals surface area contributed by atoms with Crippen molar-refractivity contribution in [2.45, 2.75) is 27.7 Å². The van der Waals surface area contributed by atoms with E-state index in [0.717, 1.165) is 38.2 Å². The molecule has 0 saturated carbocycles. The number of nitrogens with zero attached hydrogens (tertiary/aromatic N) is 3. The lowest BCUT2D eigenvalue weighted by molar-refractivity contribution is -0.120. The van der Waals surface area contributed by atoms with Gasteiger partial charge in [0.25, 0.3) is 11.8 Å². The fourth-order valence-corrected chi connectivity index (χ4v) is 5.49. The molecule has 4 aromatic rings. The molecule has 0 atom stereocenters. The molecular formula is C31H26BrN3O2S. The van der Waals surface area contributed by atoms with E-state index in [1.165, 1.54) is 9.80 Å². The van der Waals surface area contributed by atoms with E-state index < -0.39 is 11.8 Å². The van der Waals surface area contributed by atoms with Crippen LogP contribution in [0.1, 0.15) is 28.1 Å². The first kappa shape index (κ1) is 25.8. The minimum Gasteiger partial charge on any atom is -0.318 e. The van der Waals surface area contributed by atoms with Gasteiger partial charge in [-0.1, -0.05) is 46.3 Å². The highest BCUT2D eigenvalue weighted by Gasteiger charge is 2.41. The van der Waals surface area contributed by atoms with Gasteiger partial charge in [0, 0.05) is 21.5 Å². The Balaban J connectivity index is 1.67. The van der Waals surface area contributed by atoms with Gasteiger partial charge in [-0.2, -0.15) is 0 Å². The highest BCUT2D eigenvalue weighted by atomic mass is 79.9. The molecule has 1 aliphatic heterocycles. The van der Waals surface area contributed by atoms with Gasteiger partial charge in [0.05, 0.1) is 11.4 Å². The van der Waals surface area contributed by atoms with Crippen LogP contribution in [0.5, 0.6) is 0 Å². The Morgan fingerprint density at radius 1 is 0.711 bits per heavy atom. The number of carbonyl (C=O) groups is 2. The average Bonchev–Trinajstić information content (AvgIpc) is 3.17. The summed E-state index contributed by atoms with van der Waals surface area (Å²) in [6.45, 7) is 8.00. The quantitative estimate of drug-likeness (QED) is 0.145. The Morgan fingerprint density at radius 3 is 2.03 bits per heavy atom. The number of hydrogen-bond donors (Lipinski definition) is 0. The number of aryl methyl sites for hydroxylation is 3. The summed E-state index contributed by atoms with van der Waals surface area (Å²) in [5.74, 6) is -0.888. The van der Waals surface area contributed by atoms with Crippen LogP contribution in [0.3, 0.4) is 0 Å². The van der Waals surface area contributed by atoms with Crippen LogP contribution < -0.4 is 9.80 Å². The van der Waals surface area contributed by atoms with Crippen LogP contribution in [-0.2, 0) is 9.59 Å². The number of hydrogen-bond acceptors (Lipinski definition) is 3. The Kier molecular flexibility index (Phi) is 6.90. The molecule has 7 heteroatoms. The smallest absolute Gasteiger partial charge is 0.270 e. The zero-order valence-electron chi connectivity index (χ0n) is 21.5. The Morgan fingerprint density at radius 2 is 1.37 bits per heavy atom. The molecule has 1 aliphatic rings. The van der Waals surface area contributed by atoms with Crippen molar-refractivity contribution in [1.82, 2.24) is 4.57 Å². The lowest BCUT2D eigenvalue weighted by atomic mass is 10.0. The van der Waals surface area contributed by atoms with Gasteiger partial charge in [-0.15, -0.1) is 0 Å². The first-order chi connectivity index (χ1) is 18.2. The van der Waals surface area contributed by atoms with Gasteiger partial charge in [0.2, 0.25) is 0 Å². The maximum atomic E-state index is 14.0. The number of carbonyl (C=O) groups excluding carboxylic acids is 2. The van der Waals surface area contributed by atoms with E-state index in [0.29, 0.717) is 11.4 Å². The minimum absolute atomic E-state index is 0.0511. The number of amides is 2. The summed E-state index contributed by atoms with van der Waals surface area (Å²) >= 11 is 9.31. The molecule has 0 N–H and O–H groups in total. The number of para-hydroxylation sites is 1. The molecule has 1 fully saturated rings. The van der Waals surface area contributed by atoms with E-state index in [1.807, 2.05) is 107 Å². The predicted octanol–water partition coefficient (Wildman–Crippen LogP) is 7.22. The fourth-order valence-electron chi connectivity index (χ4n) is 4.73. The Bertz CT molecular complexity index is 1640. The van der Waals surface area contributed by atoms with Gasteiger partial charge in [0.1, 0.15) is 5.57 Å². The zero-order chi connectivity index (χ0) is 27.1. The molecule has 2 amide bonds. The number of halogens is 1. The van der Waals surface area contributed by atoms with Crippen LogP contribution >= 0.6 is 28.1 Å². The monoisotopic (exact) mass is 583 g/mol. The van der Waals surface area contributed by atoms with Gasteiger partial charge < -0.3 is 4.57 Å². The van der Waals surface area contributed by atoms with E-state index in [2.05, 4.69) is 20.5 Å². The van der Waals surface area contributed by atoms with Crippen molar-refractivity contribution in [2.75, 3.05) is 9.80 Å². The fraction of sp³-hybridized carbons (Fsp3) is 0.129. The molecule has 0 aliphatic carbocycles. The molecule has 3 aromatic carbocycles. The van der Waals surface area contributed by atoms with E-state index >= 15 is 0 Å². The summed E-state index contributed by atoms with van der Waals surface area (Å²) in [6, 6.07) is 24.9. The maximum Gasteiger partial charge on any atom is 0.270 e. The molecule has 38 heavy (non-hydrogen) atoms. The highest BCUT2D eigenvalue weighted by Crippen LogP contribution is 2.32. The maximum absolute atomic E-state index is 14.0. The van der Waals surface area contributed by atoms with Crippen LogP contribution in [0.25, 0.3) is 11.8 Å². The van der Waals surface area contributed by atoms with Gasteiger partial charge in [-0.05, 0) is 111 Å². The van der Waals surface area contributed by atoms with Crippen molar-refractivity contribution in [3.05, 3.63) is 117 Å². The minimum atomic E-state index is -0.446. The van der Waals surface area contributed by atoms with E-state index in [1.54, 1.807) is 6.08 Å². The summed E-state index contributed by atoms with van der Waals surface area (Å²) in [5, 5.41) is 0.131. The van der Waals surface area contributed by atoms with Crippen molar-refractivity contribution >= 4 is 62.5 Å². The second-order valence-electron chi connectivity index (χ2n) is 9.37. The van der Waals surface area contributed by atoms with Crippen molar-refractivity contribution in [3.8, 4) is 5.69 Å². The molecule has 0 spiro atoms. The Labute approximate surface area is 236 Å². The molecule has 0 bridgehead atoms. The van der Waals surface area contributed by atoms with Crippen LogP contribution in [0.2, 0.25) is 0 Å². The lowest BCUT2D eigenvalue weighted by Crippen LogP contribution is -2.57. The first-order valence-electron chi connectivity index (χ1n) is 12.2. The number of aromatic nitrogens is 1. The molecule has 5 rings (SSSR count). The highest BCUT2D eigenvalue weighted by molar-refractivity contribution is 9.10. The van der Waals surface area contributed by atoms with E-state index in [4.69, 9.17) is 12.2 Å². The normalized spacial score (nSPS) is 15.1. The summed E-state index contributed by atoms with van der Waals surface area (Å²) in [6.07, 6.45) is 1.69. The summed E-state index contributed by atoms with van der Waals surface area (Å²) < 4.78 is 3.08. The molecule has 0 unspecified atom stereocenters. The molecule has 5 nitrogen and oxygen atoms in total. The number of thiocarbonyl (C=S) groups is 1. The molecule has 190 valence electrons. The molecule has 1 saturated heterocycles. The largest absolute Gasteiger partial charge is 0.318 e. The van der Waals surface area contributed by atoms with Gasteiger partial charge in [-0.3, -0.25) is 19.4 Å². The number of rotatable bonds is 4. The molecule has 0 radical (unpaired) electrons. The third-order valence-corrected chi connectivity index (χ3v) is 7.71. The second-order valence-corrected chi connectivity index (χ2v) is 10.6. The Hall–Kier alpha value is -3.81. The van der Waals surface area contributed by atoms with Crippen LogP contribution in [0.15, 0.2) is 88.9 Å². The van der Waals surface area contributed by atoms with Crippen molar-refractivity contribution < 1.29 is 9.59 Å². The summed E-state index contributed by atoms with van der Waals surface area (Å²) in [7, 11) is 0. The van der Waals surface area contributed by atoms with Crippen LogP contribution in [-0.4, -0.2) is 21.5 Å². The standard InChI is InChI=1S/C31H26BrN3O2S/c1-19-13-14-27(15-20(19)2)35-30(37)28(29(36)34(31(35)38)25-10-6-5-7-11-25)17-23-16-21(3)33(22(23)4)26-12-8-9-24(32)18-26/h5-18H,1-4H3/b28-17-. The molecular weight excluding hydrogens is 558 g/mol. The second kappa shape index (κ2) is 10.2. The zero-order valence-corrected chi connectivity index (χ0v) is 23.9. The topological polar surface area (TPSA) is 45.6 Å². The van der Waals surface area contributed by atoms with E-state index in [9.17, 15) is 9.59 Å². The average molecular weight is 585 g/mol. The number of benzene rings is 3. The summed E-state index contributed by atoms with van der Waals surface area (Å²) in [5.41, 5.74) is 7.12. The number of anilines is 2. The van der Waals surface area contributed by atoms with Crippen LogP contribution in [0, 0.1) is 27.7 Å². The van der Waals surface area contributed by atoms with Crippen molar-refractivity contribution in [1.29, 1.82) is 0 Å². The molecule has 2 heterocycles. The van der Waals surface area contributed by atoms with Crippen molar-refractivity contribution in [3.63, 3.8) is 0 Å². The first-order valence-corrected chi connectivity index (χ1v) is 13.4. The molecule has 1 aromatic heterocycles. The van der Waals surface area contributed by atoms with Crippen molar-refractivity contribution in [2.24, 2.45) is 0 Å². The van der Waals surface area contributed by atoms with Gasteiger partial charge in [-0.25, -0.2) is 0 Å². The van der Waals surface area contributed by atoms with Gasteiger partial charge in [0.15, 0.2) is 5.11 Å². The SMILES string of the molecule is Cc1ccc(N2C(=O)/C(=C\c3cc(C)n(-c4cccc(Br)c4)c3C)C(=O)N(c3ccccc3)C2=S)cc1C. The van der Waals surface area contributed by atoms with E-state index in [-0.39, 0.29) is 10.7 Å². The third-order valence-electron chi connectivity index (χ3n) is 6.85.